The van der Waals surface area contributed by atoms with Crippen LogP contribution in [-0.4, -0.2) is 22.4 Å². The molecule has 1 rings (SSSR count). The van der Waals surface area contributed by atoms with Crippen LogP contribution in [0.2, 0.25) is 0 Å². The number of ether oxygens (including phenoxy) is 2. The fourth-order valence-electron chi connectivity index (χ4n) is 1.96. The zero-order valence-electron chi connectivity index (χ0n) is 9.41. The summed E-state index contributed by atoms with van der Waals surface area (Å²) in [5, 5.41) is 0. The average Bonchev–Trinajstić information content (AvgIpc) is 2.16. The van der Waals surface area contributed by atoms with Crippen molar-refractivity contribution in [2.45, 2.75) is 38.3 Å². The molecule has 0 aromatic rings. The van der Waals surface area contributed by atoms with Crippen LogP contribution in [0, 0.1) is 5.92 Å². The average molecular weight is 322 g/mol. The Labute approximate surface area is 106 Å². The van der Waals surface area contributed by atoms with E-state index in [0.717, 1.165) is 10.8 Å². The third-order valence-corrected chi connectivity index (χ3v) is 3.42. The van der Waals surface area contributed by atoms with E-state index in [9.17, 15) is 0 Å². The second kappa shape index (κ2) is 5.46. The predicted molar refractivity (Wildman–Crippen MR) is 71.2 cm³/mol. The maximum absolute atomic E-state index is 5.88. The van der Waals surface area contributed by atoms with Crippen LogP contribution in [0.1, 0.15) is 20.3 Å². The third-order valence-electron chi connectivity index (χ3n) is 2.55. The van der Waals surface area contributed by atoms with Crippen LogP contribution in [-0.2, 0) is 9.47 Å². The van der Waals surface area contributed by atoms with Crippen molar-refractivity contribution < 1.29 is 9.47 Å². The summed E-state index contributed by atoms with van der Waals surface area (Å²) in [5.41, 5.74) is 0. The van der Waals surface area contributed by atoms with Gasteiger partial charge >= 0.3 is 0 Å². The van der Waals surface area contributed by atoms with Gasteiger partial charge in [-0.25, -0.2) is 0 Å². The lowest BCUT2D eigenvalue weighted by Gasteiger charge is -2.44. The van der Waals surface area contributed by atoms with Gasteiger partial charge in [0.1, 0.15) is 0 Å². The van der Waals surface area contributed by atoms with Crippen LogP contribution in [0.15, 0.2) is 25.3 Å². The van der Waals surface area contributed by atoms with E-state index in [1.165, 1.54) is 0 Å². The van der Waals surface area contributed by atoms with Gasteiger partial charge in [-0.1, -0.05) is 34.7 Å². The Balaban J connectivity index is 2.81. The van der Waals surface area contributed by atoms with E-state index in [-0.39, 0.29) is 18.1 Å². The molecule has 3 atom stereocenters. The molecule has 1 fully saturated rings. The maximum Gasteiger partial charge on any atom is 0.163 e. The van der Waals surface area contributed by atoms with Gasteiger partial charge in [0, 0.05) is 10.3 Å². The zero-order valence-corrected chi connectivity index (χ0v) is 11.6. The molecule has 15 heavy (non-hydrogen) atoms. The first-order chi connectivity index (χ1) is 7.04. The summed E-state index contributed by atoms with van der Waals surface area (Å²) >= 11 is 2.35. The van der Waals surface area contributed by atoms with E-state index in [4.69, 9.17) is 9.47 Å². The van der Waals surface area contributed by atoms with Gasteiger partial charge in [-0.05, 0) is 20.3 Å². The minimum Gasteiger partial charge on any atom is -0.346 e. The molecule has 0 bridgehead atoms. The highest BCUT2D eigenvalue weighted by Gasteiger charge is 2.40. The van der Waals surface area contributed by atoms with Gasteiger partial charge < -0.3 is 9.47 Å². The SMILES string of the molecule is C=CC[C@@H]1OC(C)(C)O[C@@H](CI)[C@H]1C=C. The van der Waals surface area contributed by atoms with Crippen molar-refractivity contribution in [2.24, 2.45) is 5.92 Å². The van der Waals surface area contributed by atoms with E-state index in [1.807, 2.05) is 26.0 Å². The highest BCUT2D eigenvalue weighted by atomic mass is 127. The van der Waals surface area contributed by atoms with Gasteiger partial charge in [-0.2, -0.15) is 0 Å². The normalized spacial score (nSPS) is 34.7. The Bertz CT molecular complexity index is 238. The van der Waals surface area contributed by atoms with Gasteiger partial charge in [-0.15, -0.1) is 13.2 Å². The molecule has 0 radical (unpaired) electrons. The summed E-state index contributed by atoms with van der Waals surface area (Å²) in [4.78, 5) is 0. The Morgan fingerprint density at radius 2 is 1.87 bits per heavy atom. The standard InChI is InChI=1S/C12H19IO2/c1-5-7-10-9(6-2)11(8-13)15-12(3,4)14-10/h5-6,9-11H,1-2,7-8H2,3-4H3/t9-,10-,11-/m0/s1. The summed E-state index contributed by atoms with van der Waals surface area (Å²) in [6.07, 6.45) is 5.01. The second-order valence-corrected chi connectivity index (χ2v) is 5.08. The van der Waals surface area contributed by atoms with Gasteiger partial charge in [0.25, 0.3) is 0 Å². The maximum atomic E-state index is 5.88. The number of halogens is 1. The van der Waals surface area contributed by atoms with Crippen LogP contribution in [0.25, 0.3) is 0 Å². The van der Waals surface area contributed by atoms with Gasteiger partial charge in [0.2, 0.25) is 0 Å². The molecule has 2 nitrogen and oxygen atoms in total. The second-order valence-electron chi connectivity index (χ2n) is 4.20. The van der Waals surface area contributed by atoms with Crippen LogP contribution < -0.4 is 0 Å². The lowest BCUT2D eigenvalue weighted by molar-refractivity contribution is -0.308. The predicted octanol–water partition coefficient (Wildman–Crippen LogP) is 3.32. The molecule has 3 heteroatoms. The van der Waals surface area contributed by atoms with E-state index >= 15 is 0 Å². The Kier molecular flexibility index (Phi) is 4.80. The van der Waals surface area contributed by atoms with Crippen molar-refractivity contribution in [2.75, 3.05) is 4.43 Å². The van der Waals surface area contributed by atoms with E-state index in [0.29, 0.717) is 0 Å². The summed E-state index contributed by atoms with van der Waals surface area (Å²) in [6, 6.07) is 0. The lowest BCUT2D eigenvalue weighted by Crippen LogP contribution is -2.50. The Hall–Kier alpha value is 0.130. The van der Waals surface area contributed by atoms with E-state index in [1.54, 1.807) is 0 Å². The van der Waals surface area contributed by atoms with Crippen molar-refractivity contribution in [1.82, 2.24) is 0 Å². The zero-order chi connectivity index (χ0) is 11.5. The van der Waals surface area contributed by atoms with Gasteiger partial charge in [-0.3, -0.25) is 0 Å². The highest BCUT2D eigenvalue weighted by molar-refractivity contribution is 14.1. The molecular formula is C12H19IO2. The minimum absolute atomic E-state index is 0.142. The molecule has 0 aromatic heterocycles. The fourth-order valence-corrected chi connectivity index (χ4v) is 2.73. The number of hydrogen-bond acceptors (Lipinski definition) is 2. The molecular weight excluding hydrogens is 303 g/mol. The van der Waals surface area contributed by atoms with Crippen LogP contribution >= 0.6 is 22.6 Å². The molecule has 0 saturated carbocycles. The molecule has 0 aliphatic carbocycles. The monoisotopic (exact) mass is 322 g/mol. The molecule has 0 unspecified atom stereocenters. The number of hydrogen-bond donors (Lipinski definition) is 0. The first-order valence-corrected chi connectivity index (χ1v) is 6.71. The smallest absolute Gasteiger partial charge is 0.163 e. The highest BCUT2D eigenvalue weighted by Crippen LogP contribution is 2.34. The molecule has 0 spiro atoms. The third kappa shape index (κ3) is 3.29. The van der Waals surface area contributed by atoms with Crippen molar-refractivity contribution >= 4 is 22.6 Å². The molecule has 1 aliphatic heterocycles. The van der Waals surface area contributed by atoms with Crippen molar-refractivity contribution in [3.63, 3.8) is 0 Å². The van der Waals surface area contributed by atoms with E-state index in [2.05, 4.69) is 35.7 Å². The van der Waals surface area contributed by atoms with Crippen LogP contribution in [0.3, 0.4) is 0 Å². The largest absolute Gasteiger partial charge is 0.346 e. The Morgan fingerprint density at radius 1 is 1.27 bits per heavy atom. The summed E-state index contributed by atoms with van der Waals surface area (Å²) < 4.78 is 12.7. The molecule has 1 aliphatic rings. The van der Waals surface area contributed by atoms with Crippen molar-refractivity contribution in [3.05, 3.63) is 25.3 Å². The minimum atomic E-state index is -0.497. The number of rotatable bonds is 4. The summed E-state index contributed by atoms with van der Waals surface area (Å²) in [7, 11) is 0. The van der Waals surface area contributed by atoms with Crippen molar-refractivity contribution in [3.8, 4) is 0 Å². The molecule has 86 valence electrons. The quantitative estimate of drug-likeness (QED) is 0.449. The molecule has 0 N–H and O–H groups in total. The lowest BCUT2D eigenvalue weighted by atomic mass is 9.92. The van der Waals surface area contributed by atoms with Gasteiger partial charge in [0.15, 0.2) is 5.79 Å². The van der Waals surface area contributed by atoms with E-state index < -0.39 is 5.79 Å². The molecule has 0 amide bonds. The van der Waals surface area contributed by atoms with Crippen LogP contribution in [0.4, 0.5) is 0 Å². The fraction of sp³-hybridized carbons (Fsp3) is 0.667. The van der Waals surface area contributed by atoms with Crippen LogP contribution in [0.5, 0.6) is 0 Å². The first-order valence-electron chi connectivity index (χ1n) is 5.19. The summed E-state index contributed by atoms with van der Waals surface area (Å²) in [6.45, 7) is 11.6. The topological polar surface area (TPSA) is 18.5 Å². The van der Waals surface area contributed by atoms with Crippen molar-refractivity contribution in [1.29, 1.82) is 0 Å². The summed E-state index contributed by atoms with van der Waals surface area (Å²) in [5.74, 6) is -0.240. The first kappa shape index (κ1) is 13.2. The Morgan fingerprint density at radius 3 is 2.33 bits per heavy atom. The molecule has 1 heterocycles. The molecule has 0 aromatic carbocycles. The van der Waals surface area contributed by atoms with Gasteiger partial charge in [0.05, 0.1) is 12.2 Å². The molecule has 1 saturated heterocycles. The number of alkyl halides is 1.